The monoisotopic (exact) mass is 331 g/mol. The second-order valence-electron chi connectivity index (χ2n) is 6.82. The fourth-order valence-electron chi connectivity index (χ4n) is 3.74. The molecule has 3 atom stereocenters. The highest BCUT2D eigenvalue weighted by Gasteiger charge is 2.36. The largest absolute Gasteiger partial charge is 0.491 e. The number of esters is 1. The van der Waals surface area contributed by atoms with Gasteiger partial charge < -0.3 is 14.4 Å². The predicted molar refractivity (Wildman–Crippen MR) is 89.4 cm³/mol. The smallest absolute Gasteiger partial charge is 0.308 e. The van der Waals surface area contributed by atoms with E-state index in [2.05, 4.69) is 0 Å². The van der Waals surface area contributed by atoms with Crippen LogP contribution in [0.5, 0.6) is 5.75 Å². The Morgan fingerprint density at radius 1 is 1.21 bits per heavy atom. The van der Waals surface area contributed by atoms with Gasteiger partial charge in [-0.3, -0.25) is 9.59 Å². The Kier molecular flexibility index (Phi) is 5.07. The van der Waals surface area contributed by atoms with Gasteiger partial charge >= 0.3 is 5.97 Å². The first-order valence-electron chi connectivity index (χ1n) is 8.69. The van der Waals surface area contributed by atoms with Crippen LogP contribution in [-0.4, -0.2) is 36.5 Å². The molecule has 0 radical (unpaired) electrons. The molecule has 5 heteroatoms. The van der Waals surface area contributed by atoms with E-state index >= 15 is 0 Å². The van der Waals surface area contributed by atoms with Crippen molar-refractivity contribution >= 4 is 11.9 Å². The van der Waals surface area contributed by atoms with E-state index in [0.29, 0.717) is 19.6 Å². The molecule has 1 aromatic carbocycles. The summed E-state index contributed by atoms with van der Waals surface area (Å²) in [5, 5.41) is 0. The van der Waals surface area contributed by atoms with Crippen LogP contribution in [0.4, 0.5) is 0 Å². The minimum Gasteiger partial charge on any atom is -0.491 e. The van der Waals surface area contributed by atoms with Crippen molar-refractivity contribution in [3.63, 3.8) is 0 Å². The standard InChI is InChI=1S/C19H25NO4/c1-13-12-24-17-9-4-3-6-16(17)11-20(13)18(21)14-7-5-8-15(10-14)19(22)23-2/h3-4,6,9,13-15H,5,7-8,10-12H2,1-2H3/t13-,14+,15-/m1/s1. The zero-order valence-corrected chi connectivity index (χ0v) is 14.4. The second-order valence-corrected chi connectivity index (χ2v) is 6.82. The Hall–Kier alpha value is -2.04. The van der Waals surface area contributed by atoms with E-state index in [1.165, 1.54) is 7.11 Å². The summed E-state index contributed by atoms with van der Waals surface area (Å²) in [6, 6.07) is 7.89. The van der Waals surface area contributed by atoms with Crippen molar-refractivity contribution < 1.29 is 19.1 Å². The normalized spacial score (nSPS) is 26.8. The molecule has 1 aromatic rings. The highest BCUT2D eigenvalue weighted by atomic mass is 16.5. The topological polar surface area (TPSA) is 55.8 Å². The molecule has 0 unspecified atom stereocenters. The van der Waals surface area contributed by atoms with Gasteiger partial charge in [0.2, 0.25) is 5.91 Å². The van der Waals surface area contributed by atoms with Crippen LogP contribution in [0.3, 0.4) is 0 Å². The van der Waals surface area contributed by atoms with Gasteiger partial charge in [-0.2, -0.15) is 0 Å². The number of para-hydroxylation sites is 1. The van der Waals surface area contributed by atoms with E-state index in [4.69, 9.17) is 9.47 Å². The van der Waals surface area contributed by atoms with E-state index in [0.717, 1.165) is 30.6 Å². The van der Waals surface area contributed by atoms with E-state index in [1.54, 1.807) is 0 Å². The van der Waals surface area contributed by atoms with Crippen molar-refractivity contribution in [3.8, 4) is 5.75 Å². The lowest BCUT2D eigenvalue weighted by molar-refractivity contribution is -0.149. The molecule has 1 fully saturated rings. The molecule has 0 aromatic heterocycles. The third-order valence-corrected chi connectivity index (χ3v) is 5.17. The van der Waals surface area contributed by atoms with Crippen molar-refractivity contribution in [2.24, 2.45) is 11.8 Å². The van der Waals surface area contributed by atoms with E-state index < -0.39 is 0 Å². The van der Waals surface area contributed by atoms with Gasteiger partial charge in [0.25, 0.3) is 0 Å². The van der Waals surface area contributed by atoms with Gasteiger partial charge in [0.05, 0.1) is 19.1 Å². The fraction of sp³-hybridized carbons (Fsp3) is 0.579. The van der Waals surface area contributed by atoms with Gasteiger partial charge in [0.15, 0.2) is 0 Å². The summed E-state index contributed by atoms with van der Waals surface area (Å²) in [5.41, 5.74) is 1.04. The van der Waals surface area contributed by atoms with Gasteiger partial charge in [0, 0.05) is 18.0 Å². The van der Waals surface area contributed by atoms with Gasteiger partial charge in [-0.25, -0.2) is 0 Å². The first kappa shape index (κ1) is 16.8. The number of carbonyl (C=O) groups excluding carboxylic acids is 2. The molecule has 1 amide bonds. The number of benzene rings is 1. The summed E-state index contributed by atoms with van der Waals surface area (Å²) in [6.45, 7) is 3.08. The van der Waals surface area contributed by atoms with Gasteiger partial charge in [-0.15, -0.1) is 0 Å². The van der Waals surface area contributed by atoms with Gasteiger partial charge in [-0.05, 0) is 32.3 Å². The summed E-state index contributed by atoms with van der Waals surface area (Å²) in [6.07, 6.45) is 3.15. The van der Waals surface area contributed by atoms with Crippen molar-refractivity contribution in [1.29, 1.82) is 0 Å². The maximum absolute atomic E-state index is 13.1. The Bertz CT molecular complexity index is 615. The molecule has 1 saturated carbocycles. The summed E-state index contributed by atoms with van der Waals surface area (Å²) < 4.78 is 10.7. The minimum absolute atomic E-state index is 0.0170. The van der Waals surface area contributed by atoms with E-state index in [-0.39, 0.29) is 29.8 Å². The molecular weight excluding hydrogens is 306 g/mol. The lowest BCUT2D eigenvalue weighted by atomic mass is 9.80. The number of ether oxygens (including phenoxy) is 2. The number of nitrogens with zero attached hydrogens (tertiary/aromatic N) is 1. The third-order valence-electron chi connectivity index (χ3n) is 5.17. The van der Waals surface area contributed by atoms with Crippen molar-refractivity contribution in [2.75, 3.05) is 13.7 Å². The molecule has 0 spiro atoms. The zero-order valence-electron chi connectivity index (χ0n) is 14.4. The molecule has 130 valence electrons. The Morgan fingerprint density at radius 2 is 1.96 bits per heavy atom. The maximum atomic E-state index is 13.1. The van der Waals surface area contributed by atoms with Crippen LogP contribution in [-0.2, 0) is 20.9 Å². The van der Waals surface area contributed by atoms with Gasteiger partial charge in [0.1, 0.15) is 12.4 Å². The van der Waals surface area contributed by atoms with Crippen molar-refractivity contribution in [2.45, 2.75) is 45.2 Å². The number of amides is 1. The highest BCUT2D eigenvalue weighted by Crippen LogP contribution is 2.33. The van der Waals surface area contributed by atoms with Crippen molar-refractivity contribution in [1.82, 2.24) is 4.90 Å². The molecule has 0 N–H and O–H groups in total. The quantitative estimate of drug-likeness (QED) is 0.782. The number of methoxy groups -OCH3 is 1. The summed E-state index contributed by atoms with van der Waals surface area (Å²) in [5.74, 6) is 0.552. The molecule has 0 saturated heterocycles. The third kappa shape index (κ3) is 3.40. The first-order valence-corrected chi connectivity index (χ1v) is 8.69. The van der Waals surface area contributed by atoms with Crippen LogP contribution < -0.4 is 4.74 Å². The lowest BCUT2D eigenvalue weighted by Crippen LogP contribution is -2.44. The number of rotatable bonds is 2. The maximum Gasteiger partial charge on any atom is 0.308 e. The van der Waals surface area contributed by atoms with E-state index in [9.17, 15) is 9.59 Å². The SMILES string of the molecule is COC(=O)[C@@H]1CCC[C@H](C(=O)N2Cc3ccccc3OC[C@H]2C)C1. The van der Waals surface area contributed by atoms with Crippen LogP contribution in [0.25, 0.3) is 0 Å². The van der Waals surface area contributed by atoms with Gasteiger partial charge in [-0.1, -0.05) is 24.6 Å². The lowest BCUT2D eigenvalue weighted by Gasteiger charge is -2.33. The molecule has 0 bridgehead atoms. The minimum atomic E-state index is -0.190. The molecule has 24 heavy (non-hydrogen) atoms. The predicted octanol–water partition coefficient (Wildman–Crippen LogP) is 2.78. The summed E-state index contributed by atoms with van der Waals surface area (Å²) in [4.78, 5) is 26.8. The Labute approximate surface area is 142 Å². The van der Waals surface area contributed by atoms with E-state index in [1.807, 2.05) is 36.1 Å². The highest BCUT2D eigenvalue weighted by molar-refractivity contribution is 5.81. The number of hydrogen-bond acceptors (Lipinski definition) is 4. The fourth-order valence-corrected chi connectivity index (χ4v) is 3.74. The molecule has 1 aliphatic carbocycles. The molecular formula is C19H25NO4. The first-order chi connectivity index (χ1) is 11.6. The van der Waals surface area contributed by atoms with Crippen molar-refractivity contribution in [3.05, 3.63) is 29.8 Å². The molecule has 3 rings (SSSR count). The number of hydrogen-bond donors (Lipinski definition) is 0. The zero-order chi connectivity index (χ0) is 17.1. The average molecular weight is 331 g/mol. The van der Waals surface area contributed by atoms with Crippen LogP contribution >= 0.6 is 0 Å². The molecule has 5 nitrogen and oxygen atoms in total. The number of carbonyl (C=O) groups is 2. The van der Waals surface area contributed by atoms with Crippen LogP contribution in [0.15, 0.2) is 24.3 Å². The average Bonchev–Trinajstić information content (AvgIpc) is 2.80. The van der Waals surface area contributed by atoms with Crippen LogP contribution in [0.1, 0.15) is 38.2 Å². The second kappa shape index (κ2) is 7.24. The molecule has 1 heterocycles. The summed E-state index contributed by atoms with van der Waals surface area (Å²) in [7, 11) is 1.42. The molecule has 1 aliphatic heterocycles. The Balaban J connectivity index is 1.74. The molecule has 2 aliphatic rings. The van der Waals surface area contributed by atoms with Crippen LogP contribution in [0, 0.1) is 11.8 Å². The summed E-state index contributed by atoms with van der Waals surface area (Å²) >= 11 is 0. The van der Waals surface area contributed by atoms with Crippen LogP contribution in [0.2, 0.25) is 0 Å². The number of fused-ring (bicyclic) bond motifs is 1. The Morgan fingerprint density at radius 3 is 2.75 bits per heavy atom.